The van der Waals surface area contributed by atoms with Crippen molar-refractivity contribution in [2.24, 2.45) is 0 Å². The van der Waals surface area contributed by atoms with E-state index in [2.05, 4.69) is 15.3 Å². The lowest BCUT2D eigenvalue weighted by molar-refractivity contribution is 0.146. The van der Waals surface area contributed by atoms with Gasteiger partial charge in [0.1, 0.15) is 11.5 Å². The quantitative estimate of drug-likeness (QED) is 0.769. The fourth-order valence-corrected chi connectivity index (χ4v) is 1.39. The zero-order valence-corrected chi connectivity index (χ0v) is 7.46. The highest BCUT2D eigenvalue weighted by atomic mass is 19.3. The van der Waals surface area contributed by atoms with Gasteiger partial charge < -0.3 is 5.73 Å². The SMILES string of the molecule is CCn1nc(C(F)F)c2c(N)[nH]nc21. The number of aromatic amines is 1. The molecule has 76 valence electrons. The number of aromatic nitrogens is 4. The average Bonchev–Trinajstić information content (AvgIpc) is 2.66. The van der Waals surface area contributed by atoms with Crippen LogP contribution in [-0.2, 0) is 6.54 Å². The highest BCUT2D eigenvalue weighted by Crippen LogP contribution is 2.29. The second kappa shape index (κ2) is 2.93. The van der Waals surface area contributed by atoms with Gasteiger partial charge in [0.25, 0.3) is 6.43 Å². The first-order valence-electron chi connectivity index (χ1n) is 4.13. The minimum absolute atomic E-state index is 0.134. The Hall–Kier alpha value is -1.66. The Bertz CT molecular complexity index is 458. The standard InChI is InChI=1S/C7H9F2N5/c1-2-14-7-3(6(10)11-12-7)4(13-14)5(8)9/h5H,2H2,1H3,(H3,10,11,12). The van der Waals surface area contributed by atoms with Gasteiger partial charge in [-0.05, 0) is 6.92 Å². The van der Waals surface area contributed by atoms with Gasteiger partial charge in [-0.3, -0.25) is 5.10 Å². The third-order valence-electron chi connectivity index (χ3n) is 2.01. The third kappa shape index (κ3) is 1.05. The summed E-state index contributed by atoms with van der Waals surface area (Å²) in [6, 6.07) is 0. The van der Waals surface area contributed by atoms with Gasteiger partial charge in [-0.25, -0.2) is 13.5 Å². The normalized spacial score (nSPS) is 11.7. The van der Waals surface area contributed by atoms with E-state index in [0.717, 1.165) is 0 Å². The Kier molecular flexibility index (Phi) is 1.87. The minimum atomic E-state index is -2.63. The maximum absolute atomic E-state index is 12.5. The number of H-pyrrole nitrogens is 1. The van der Waals surface area contributed by atoms with Crippen LogP contribution in [0.1, 0.15) is 19.0 Å². The number of nitrogen functional groups attached to an aromatic ring is 1. The van der Waals surface area contributed by atoms with Crippen LogP contribution in [0.5, 0.6) is 0 Å². The molecule has 0 aliphatic heterocycles. The lowest BCUT2D eigenvalue weighted by Crippen LogP contribution is -1.98. The van der Waals surface area contributed by atoms with Crippen LogP contribution in [0.4, 0.5) is 14.6 Å². The number of fused-ring (bicyclic) bond motifs is 1. The highest BCUT2D eigenvalue weighted by molar-refractivity contribution is 5.89. The summed E-state index contributed by atoms with van der Waals surface area (Å²) in [5, 5.41) is 10.2. The van der Waals surface area contributed by atoms with Crippen LogP contribution in [0.15, 0.2) is 0 Å². The minimum Gasteiger partial charge on any atom is -0.383 e. The number of nitrogens with zero attached hydrogens (tertiary/aromatic N) is 3. The number of hydrogen-bond donors (Lipinski definition) is 2. The number of aryl methyl sites for hydroxylation is 1. The summed E-state index contributed by atoms with van der Waals surface area (Å²) in [5.74, 6) is 0.134. The molecule has 5 nitrogen and oxygen atoms in total. The highest BCUT2D eigenvalue weighted by Gasteiger charge is 2.22. The lowest BCUT2D eigenvalue weighted by atomic mass is 10.3. The largest absolute Gasteiger partial charge is 0.383 e. The molecule has 2 aromatic heterocycles. The molecule has 14 heavy (non-hydrogen) atoms. The molecule has 2 rings (SSSR count). The molecule has 0 radical (unpaired) electrons. The molecular weight excluding hydrogens is 192 g/mol. The Labute approximate surface area is 77.9 Å². The van der Waals surface area contributed by atoms with Crippen LogP contribution < -0.4 is 5.73 Å². The van der Waals surface area contributed by atoms with Crippen molar-refractivity contribution in [1.29, 1.82) is 0 Å². The molecule has 0 bridgehead atoms. The number of hydrogen-bond acceptors (Lipinski definition) is 3. The maximum Gasteiger partial charge on any atom is 0.282 e. The van der Waals surface area contributed by atoms with E-state index in [4.69, 9.17) is 5.73 Å². The lowest BCUT2D eigenvalue weighted by Gasteiger charge is -1.94. The van der Waals surface area contributed by atoms with E-state index in [1.54, 1.807) is 6.92 Å². The van der Waals surface area contributed by atoms with Crippen molar-refractivity contribution in [2.45, 2.75) is 19.9 Å². The molecule has 0 spiro atoms. The molecule has 0 saturated carbocycles. The first-order chi connectivity index (χ1) is 6.65. The summed E-state index contributed by atoms with van der Waals surface area (Å²) < 4.78 is 26.5. The predicted octanol–water partition coefficient (Wildman–Crippen LogP) is 1.30. The number of alkyl halides is 2. The van der Waals surface area contributed by atoms with Crippen LogP contribution >= 0.6 is 0 Å². The second-order valence-electron chi connectivity index (χ2n) is 2.84. The predicted molar refractivity (Wildman–Crippen MR) is 46.9 cm³/mol. The summed E-state index contributed by atoms with van der Waals surface area (Å²) in [7, 11) is 0. The maximum atomic E-state index is 12.5. The molecule has 2 aromatic rings. The number of nitrogens with one attached hydrogen (secondary N) is 1. The van der Waals surface area contributed by atoms with Gasteiger partial charge in [0, 0.05) is 6.54 Å². The van der Waals surface area contributed by atoms with Gasteiger partial charge in [0.2, 0.25) is 0 Å². The third-order valence-corrected chi connectivity index (χ3v) is 2.01. The Morgan fingerprint density at radius 3 is 2.86 bits per heavy atom. The van der Waals surface area contributed by atoms with Gasteiger partial charge in [-0.15, -0.1) is 0 Å². The summed E-state index contributed by atoms with van der Waals surface area (Å²) in [6.45, 7) is 2.28. The molecule has 3 N–H and O–H groups in total. The van der Waals surface area contributed by atoms with Crippen molar-refractivity contribution in [3.8, 4) is 0 Å². The van der Waals surface area contributed by atoms with E-state index in [0.29, 0.717) is 12.2 Å². The summed E-state index contributed by atoms with van der Waals surface area (Å²) in [5.41, 5.74) is 5.54. The fraction of sp³-hybridized carbons (Fsp3) is 0.429. The number of halogens is 2. The Balaban J connectivity index is 2.76. The monoisotopic (exact) mass is 201 g/mol. The average molecular weight is 201 g/mol. The number of anilines is 1. The molecule has 0 amide bonds. The van der Waals surface area contributed by atoms with E-state index >= 15 is 0 Å². The fourth-order valence-electron chi connectivity index (χ4n) is 1.39. The van der Waals surface area contributed by atoms with Gasteiger partial charge in [0.05, 0.1) is 5.39 Å². The topological polar surface area (TPSA) is 72.5 Å². The van der Waals surface area contributed by atoms with Gasteiger partial charge in [-0.2, -0.15) is 10.2 Å². The van der Waals surface area contributed by atoms with Crippen LogP contribution in [0, 0.1) is 0 Å². The van der Waals surface area contributed by atoms with Crippen molar-refractivity contribution >= 4 is 16.9 Å². The second-order valence-corrected chi connectivity index (χ2v) is 2.84. The van der Waals surface area contributed by atoms with Crippen molar-refractivity contribution < 1.29 is 8.78 Å². The molecule has 0 fully saturated rings. The van der Waals surface area contributed by atoms with E-state index < -0.39 is 6.43 Å². The van der Waals surface area contributed by atoms with Gasteiger partial charge in [0.15, 0.2) is 5.65 Å². The molecular formula is C7H9F2N5. The first-order valence-corrected chi connectivity index (χ1v) is 4.13. The van der Waals surface area contributed by atoms with Crippen LogP contribution in [-0.4, -0.2) is 20.0 Å². The van der Waals surface area contributed by atoms with Crippen LogP contribution in [0.25, 0.3) is 11.0 Å². The molecule has 0 saturated heterocycles. The summed E-state index contributed by atoms with van der Waals surface area (Å²) in [6.07, 6.45) is -2.63. The molecule has 2 heterocycles. The molecule has 0 aliphatic carbocycles. The number of nitrogens with two attached hydrogens (primary N) is 1. The smallest absolute Gasteiger partial charge is 0.282 e. The van der Waals surface area contributed by atoms with Crippen molar-refractivity contribution in [3.63, 3.8) is 0 Å². The first kappa shape index (κ1) is 8.92. The van der Waals surface area contributed by atoms with E-state index in [1.165, 1.54) is 4.68 Å². The Morgan fingerprint density at radius 1 is 1.57 bits per heavy atom. The van der Waals surface area contributed by atoms with Crippen LogP contribution in [0.2, 0.25) is 0 Å². The zero-order chi connectivity index (χ0) is 10.3. The molecule has 0 unspecified atom stereocenters. The van der Waals surface area contributed by atoms with Gasteiger partial charge >= 0.3 is 0 Å². The van der Waals surface area contributed by atoms with Crippen molar-refractivity contribution in [1.82, 2.24) is 20.0 Å². The summed E-state index contributed by atoms with van der Waals surface area (Å²) >= 11 is 0. The van der Waals surface area contributed by atoms with E-state index in [1.807, 2.05) is 0 Å². The van der Waals surface area contributed by atoms with E-state index in [-0.39, 0.29) is 16.9 Å². The van der Waals surface area contributed by atoms with Crippen LogP contribution in [0.3, 0.4) is 0 Å². The van der Waals surface area contributed by atoms with E-state index in [9.17, 15) is 8.78 Å². The number of rotatable bonds is 2. The zero-order valence-electron chi connectivity index (χ0n) is 7.46. The van der Waals surface area contributed by atoms with Crippen molar-refractivity contribution in [2.75, 3.05) is 5.73 Å². The van der Waals surface area contributed by atoms with Gasteiger partial charge in [-0.1, -0.05) is 0 Å². The molecule has 7 heteroatoms. The Morgan fingerprint density at radius 2 is 2.29 bits per heavy atom. The summed E-state index contributed by atoms with van der Waals surface area (Å²) in [4.78, 5) is 0. The molecule has 0 aromatic carbocycles. The molecule has 0 atom stereocenters. The molecule has 0 aliphatic rings. The van der Waals surface area contributed by atoms with Crippen molar-refractivity contribution in [3.05, 3.63) is 5.69 Å².